The van der Waals surface area contributed by atoms with E-state index in [2.05, 4.69) is 9.98 Å². The molecule has 0 aliphatic heterocycles. The van der Waals surface area contributed by atoms with E-state index in [0.717, 1.165) is 0 Å². The molecule has 126 valence electrons. The number of rotatable bonds is 7. The molecule has 2 saturated carbocycles. The first-order chi connectivity index (χ1) is 10.8. The normalized spacial score (nSPS) is 25.0. The molecule has 2 N–H and O–H groups in total. The van der Waals surface area contributed by atoms with Crippen molar-refractivity contribution in [1.82, 2.24) is 0 Å². The van der Waals surface area contributed by atoms with Gasteiger partial charge in [0.15, 0.2) is 0 Å². The second-order valence-electron chi connectivity index (χ2n) is 6.96. The fourth-order valence-corrected chi connectivity index (χ4v) is 3.45. The van der Waals surface area contributed by atoms with Crippen LogP contribution in [0.2, 0.25) is 0 Å². The molecular formula is C18H32N2O2. The predicted molar refractivity (Wildman–Crippen MR) is 91.9 cm³/mol. The molecule has 2 fully saturated rings. The lowest BCUT2D eigenvalue weighted by atomic mass is 9.90. The van der Waals surface area contributed by atoms with Gasteiger partial charge in [0.25, 0.3) is 0 Å². The third-order valence-electron chi connectivity index (χ3n) is 4.96. The van der Waals surface area contributed by atoms with Gasteiger partial charge >= 0.3 is 0 Å². The summed E-state index contributed by atoms with van der Waals surface area (Å²) in [5, 5.41) is 19.9. The van der Waals surface area contributed by atoms with Crippen molar-refractivity contribution in [3.63, 3.8) is 0 Å². The van der Waals surface area contributed by atoms with Crippen molar-refractivity contribution in [3.8, 4) is 0 Å². The zero-order valence-corrected chi connectivity index (χ0v) is 13.7. The molecule has 2 aliphatic carbocycles. The molecule has 0 unspecified atom stereocenters. The second kappa shape index (κ2) is 10.1. The maximum absolute atomic E-state index is 9.95. The Bertz CT molecular complexity index is 311. The van der Waals surface area contributed by atoms with Crippen LogP contribution in [0, 0.1) is 11.8 Å². The Hall–Kier alpha value is -0.740. The topological polar surface area (TPSA) is 65.2 Å². The van der Waals surface area contributed by atoms with E-state index in [1.807, 2.05) is 12.4 Å². The smallest absolute Gasteiger partial charge is 0.101 e. The van der Waals surface area contributed by atoms with Crippen molar-refractivity contribution in [2.75, 3.05) is 13.1 Å². The van der Waals surface area contributed by atoms with Gasteiger partial charge in [-0.05, 0) is 37.5 Å². The highest BCUT2D eigenvalue weighted by Gasteiger charge is 2.16. The summed E-state index contributed by atoms with van der Waals surface area (Å²) in [7, 11) is 0. The Balaban J connectivity index is 1.62. The molecule has 0 aromatic rings. The number of nitrogens with zero attached hydrogens (tertiary/aromatic N) is 2. The molecule has 0 spiro atoms. The molecular weight excluding hydrogens is 276 g/mol. The first-order valence-corrected chi connectivity index (χ1v) is 9.11. The lowest BCUT2D eigenvalue weighted by Crippen LogP contribution is -2.31. The van der Waals surface area contributed by atoms with Crippen LogP contribution in [0.1, 0.15) is 64.2 Å². The Labute approximate surface area is 134 Å². The summed E-state index contributed by atoms with van der Waals surface area (Å²) >= 11 is 0. The maximum Gasteiger partial charge on any atom is 0.101 e. The Morgan fingerprint density at radius 1 is 0.682 bits per heavy atom. The lowest BCUT2D eigenvalue weighted by molar-refractivity contribution is 0.0319. The molecule has 0 bridgehead atoms. The van der Waals surface area contributed by atoms with Gasteiger partial charge in [-0.1, -0.05) is 38.5 Å². The number of hydrogen-bond donors (Lipinski definition) is 2. The van der Waals surface area contributed by atoms with Gasteiger partial charge in [-0.25, -0.2) is 0 Å². The first kappa shape index (κ1) is 17.6. The standard InChI is InChI=1S/C18H32N2O2/c21-17(13-19-11-15-7-3-1-4-8-15)18(22)14-20-12-16-9-5-2-6-10-16/h11-12,15-18,21-22H,1-10,13-14H2/b19-11+,20-12+/t17-,18+. The van der Waals surface area contributed by atoms with Crippen molar-refractivity contribution >= 4 is 12.4 Å². The SMILES string of the molecule is O[C@H](C/N=C/C1CCCCC1)[C@@H](O)C/N=C/C1CCCCC1. The van der Waals surface area contributed by atoms with Gasteiger partial charge in [0, 0.05) is 12.4 Å². The number of aliphatic hydroxyl groups excluding tert-OH is 2. The first-order valence-electron chi connectivity index (χ1n) is 9.11. The lowest BCUT2D eigenvalue weighted by Gasteiger charge is -2.19. The average Bonchev–Trinajstić information content (AvgIpc) is 2.56. The molecule has 4 heteroatoms. The molecule has 4 nitrogen and oxygen atoms in total. The van der Waals surface area contributed by atoms with Gasteiger partial charge in [0.05, 0.1) is 13.1 Å². The second-order valence-corrected chi connectivity index (χ2v) is 6.96. The summed E-state index contributed by atoms with van der Waals surface area (Å²) < 4.78 is 0. The van der Waals surface area contributed by atoms with Crippen LogP contribution in [0.15, 0.2) is 9.98 Å². The van der Waals surface area contributed by atoms with Crippen LogP contribution in [0.3, 0.4) is 0 Å². The van der Waals surface area contributed by atoms with Gasteiger partial charge in [-0.15, -0.1) is 0 Å². The van der Waals surface area contributed by atoms with Crippen molar-refractivity contribution in [1.29, 1.82) is 0 Å². The van der Waals surface area contributed by atoms with Crippen LogP contribution in [-0.2, 0) is 0 Å². The molecule has 0 amide bonds. The van der Waals surface area contributed by atoms with Crippen molar-refractivity contribution in [2.24, 2.45) is 21.8 Å². The van der Waals surface area contributed by atoms with E-state index in [4.69, 9.17) is 0 Å². The third kappa shape index (κ3) is 6.57. The fraction of sp³-hybridized carbons (Fsp3) is 0.889. The summed E-state index contributed by atoms with van der Waals surface area (Å²) in [5.41, 5.74) is 0. The molecule has 0 radical (unpaired) electrons. The summed E-state index contributed by atoms with van der Waals surface area (Å²) in [6.45, 7) is 0.577. The summed E-state index contributed by atoms with van der Waals surface area (Å²) in [4.78, 5) is 8.65. The average molecular weight is 308 g/mol. The third-order valence-corrected chi connectivity index (χ3v) is 4.96. The highest BCUT2D eigenvalue weighted by atomic mass is 16.3. The highest BCUT2D eigenvalue weighted by Crippen LogP contribution is 2.22. The molecule has 22 heavy (non-hydrogen) atoms. The van der Waals surface area contributed by atoms with Gasteiger partial charge in [-0.3, -0.25) is 9.98 Å². The van der Waals surface area contributed by atoms with Crippen molar-refractivity contribution in [2.45, 2.75) is 76.4 Å². The maximum atomic E-state index is 9.95. The highest BCUT2D eigenvalue weighted by molar-refractivity contribution is 5.61. The predicted octanol–water partition coefficient (Wildman–Crippen LogP) is 3.01. The van der Waals surface area contributed by atoms with Gasteiger partial charge in [-0.2, -0.15) is 0 Å². The van der Waals surface area contributed by atoms with Crippen molar-refractivity contribution in [3.05, 3.63) is 0 Å². The van der Waals surface area contributed by atoms with Gasteiger partial charge in [0.1, 0.15) is 12.2 Å². The van der Waals surface area contributed by atoms with Gasteiger partial charge < -0.3 is 10.2 Å². The minimum absolute atomic E-state index is 0.288. The monoisotopic (exact) mass is 308 g/mol. The minimum atomic E-state index is -0.802. The zero-order valence-electron chi connectivity index (χ0n) is 13.7. The largest absolute Gasteiger partial charge is 0.388 e. The van der Waals surface area contributed by atoms with E-state index in [0.29, 0.717) is 11.8 Å². The van der Waals surface area contributed by atoms with E-state index in [1.165, 1.54) is 64.2 Å². The Morgan fingerprint density at radius 3 is 1.41 bits per heavy atom. The molecule has 0 aromatic heterocycles. The Kier molecular flexibility index (Phi) is 8.10. The van der Waals surface area contributed by atoms with Crippen LogP contribution >= 0.6 is 0 Å². The summed E-state index contributed by atoms with van der Waals surface area (Å²) in [6, 6.07) is 0. The molecule has 0 heterocycles. The quantitative estimate of drug-likeness (QED) is 0.710. The Morgan fingerprint density at radius 2 is 1.05 bits per heavy atom. The minimum Gasteiger partial charge on any atom is -0.388 e. The molecule has 2 atom stereocenters. The van der Waals surface area contributed by atoms with E-state index in [9.17, 15) is 10.2 Å². The van der Waals surface area contributed by atoms with Crippen LogP contribution in [0.4, 0.5) is 0 Å². The van der Waals surface area contributed by atoms with Crippen LogP contribution in [-0.4, -0.2) is 47.9 Å². The van der Waals surface area contributed by atoms with E-state index >= 15 is 0 Å². The fourth-order valence-electron chi connectivity index (χ4n) is 3.45. The van der Waals surface area contributed by atoms with Gasteiger partial charge in [0.2, 0.25) is 0 Å². The number of aliphatic imine (C=N–C) groups is 2. The van der Waals surface area contributed by atoms with E-state index in [1.54, 1.807) is 0 Å². The molecule has 2 rings (SSSR count). The van der Waals surface area contributed by atoms with Crippen LogP contribution < -0.4 is 0 Å². The number of aliphatic hydroxyl groups is 2. The van der Waals surface area contributed by atoms with Crippen molar-refractivity contribution < 1.29 is 10.2 Å². The zero-order chi connectivity index (χ0) is 15.6. The van der Waals surface area contributed by atoms with Crippen LogP contribution in [0.25, 0.3) is 0 Å². The number of hydrogen-bond acceptors (Lipinski definition) is 4. The molecule has 2 aliphatic rings. The van der Waals surface area contributed by atoms with E-state index in [-0.39, 0.29) is 13.1 Å². The molecule has 0 aromatic carbocycles. The summed E-state index contributed by atoms with van der Waals surface area (Å²) in [6.07, 6.45) is 15.1. The van der Waals surface area contributed by atoms with Crippen LogP contribution in [0.5, 0.6) is 0 Å². The molecule has 0 saturated heterocycles. The van der Waals surface area contributed by atoms with E-state index < -0.39 is 12.2 Å². The summed E-state index contributed by atoms with van der Waals surface area (Å²) in [5.74, 6) is 1.14.